The molecule has 3 heterocycles. The number of fused-ring (bicyclic) bond motifs is 1. The summed E-state index contributed by atoms with van der Waals surface area (Å²) in [6, 6.07) is 5.90. The monoisotopic (exact) mass is 369 g/mol. The Hall–Kier alpha value is -3.75. The fraction of sp³-hybridized carbons (Fsp3) is 0.167. The molecule has 1 aromatic carbocycles. The Morgan fingerprint density at radius 2 is 2.07 bits per heavy atom. The molecule has 0 unspecified atom stereocenters. The van der Waals surface area contributed by atoms with Crippen LogP contribution in [0, 0.1) is 6.92 Å². The van der Waals surface area contributed by atoms with Crippen molar-refractivity contribution >= 4 is 17.6 Å². The van der Waals surface area contributed by atoms with Crippen molar-refractivity contribution in [1.29, 1.82) is 0 Å². The summed E-state index contributed by atoms with van der Waals surface area (Å²) in [4.78, 5) is 23.9. The zero-order valence-electron chi connectivity index (χ0n) is 14.1. The summed E-state index contributed by atoms with van der Waals surface area (Å²) in [6.07, 6.45) is 1.42. The van der Waals surface area contributed by atoms with Gasteiger partial charge in [-0.1, -0.05) is 11.2 Å². The molecule has 1 aliphatic heterocycles. The summed E-state index contributed by atoms with van der Waals surface area (Å²) >= 11 is 0. The van der Waals surface area contributed by atoms with E-state index in [9.17, 15) is 24.9 Å². The minimum Gasteiger partial charge on any atom is -0.504 e. The first-order chi connectivity index (χ1) is 12.8. The molecule has 9 heteroatoms. The first-order valence-corrected chi connectivity index (χ1v) is 8.09. The summed E-state index contributed by atoms with van der Waals surface area (Å²) in [6.45, 7) is 1.71. The maximum Gasteiger partial charge on any atom is 0.339 e. The summed E-state index contributed by atoms with van der Waals surface area (Å²) in [5.74, 6) is -1.79. The van der Waals surface area contributed by atoms with Gasteiger partial charge in [0.1, 0.15) is 11.3 Å². The molecule has 0 saturated carbocycles. The number of carboxylic acid groups (broad SMARTS) is 1. The van der Waals surface area contributed by atoms with Gasteiger partial charge >= 0.3 is 5.97 Å². The Morgan fingerprint density at radius 1 is 1.30 bits per heavy atom. The van der Waals surface area contributed by atoms with Gasteiger partial charge in [-0.05, 0) is 24.6 Å². The normalized spacial score (nSPS) is 16.0. The quantitative estimate of drug-likeness (QED) is 0.520. The first-order valence-electron chi connectivity index (χ1n) is 8.09. The number of rotatable bonds is 3. The van der Waals surface area contributed by atoms with E-state index in [1.807, 2.05) is 0 Å². The number of phenols is 2. The van der Waals surface area contributed by atoms with E-state index in [-0.39, 0.29) is 35.1 Å². The number of hydrogen-bond donors (Lipinski definition) is 4. The van der Waals surface area contributed by atoms with Gasteiger partial charge in [0.25, 0.3) is 0 Å². The van der Waals surface area contributed by atoms with Gasteiger partial charge < -0.3 is 25.2 Å². The van der Waals surface area contributed by atoms with Crippen LogP contribution in [0.5, 0.6) is 11.5 Å². The topological polar surface area (TPSA) is 138 Å². The number of aromatic nitrogens is 2. The number of anilines is 1. The Morgan fingerprint density at radius 3 is 2.70 bits per heavy atom. The first kappa shape index (κ1) is 16.7. The van der Waals surface area contributed by atoms with Gasteiger partial charge in [-0.25, -0.2) is 4.79 Å². The smallest absolute Gasteiger partial charge is 0.339 e. The van der Waals surface area contributed by atoms with Crippen molar-refractivity contribution in [1.82, 2.24) is 9.72 Å². The molecule has 9 nitrogen and oxygen atoms in total. The van der Waals surface area contributed by atoms with Crippen molar-refractivity contribution in [3.8, 4) is 17.3 Å². The van der Waals surface area contributed by atoms with Gasteiger partial charge in [0.2, 0.25) is 5.91 Å². The van der Waals surface area contributed by atoms with Crippen LogP contribution in [-0.2, 0) is 4.79 Å². The van der Waals surface area contributed by atoms with Crippen LogP contribution in [0.25, 0.3) is 5.82 Å². The summed E-state index contributed by atoms with van der Waals surface area (Å²) in [5, 5.41) is 35.5. The Kier molecular flexibility index (Phi) is 3.65. The maximum absolute atomic E-state index is 12.2. The lowest BCUT2D eigenvalue weighted by Gasteiger charge is -2.25. The molecule has 27 heavy (non-hydrogen) atoms. The van der Waals surface area contributed by atoms with E-state index in [1.54, 1.807) is 23.6 Å². The average molecular weight is 369 g/mol. The molecule has 138 valence electrons. The van der Waals surface area contributed by atoms with Crippen LogP contribution in [0.15, 0.2) is 35.0 Å². The highest BCUT2D eigenvalue weighted by molar-refractivity contribution is 6.04. The van der Waals surface area contributed by atoms with Crippen LogP contribution >= 0.6 is 0 Å². The molecule has 1 atom stereocenters. The second-order valence-corrected chi connectivity index (χ2v) is 6.33. The number of hydrogen-bond acceptors (Lipinski definition) is 6. The second kappa shape index (κ2) is 5.90. The van der Waals surface area contributed by atoms with E-state index < -0.39 is 11.9 Å². The molecule has 0 fully saturated rings. The molecule has 1 amide bonds. The fourth-order valence-corrected chi connectivity index (χ4v) is 3.32. The van der Waals surface area contributed by atoms with Gasteiger partial charge in [-0.15, -0.1) is 0 Å². The van der Waals surface area contributed by atoms with E-state index in [4.69, 9.17) is 4.52 Å². The molecule has 4 rings (SSSR count). The zero-order valence-corrected chi connectivity index (χ0v) is 14.1. The van der Waals surface area contributed by atoms with Crippen LogP contribution in [0.2, 0.25) is 0 Å². The summed E-state index contributed by atoms with van der Waals surface area (Å²) < 4.78 is 6.66. The molecule has 0 radical (unpaired) electrons. The lowest BCUT2D eigenvalue weighted by atomic mass is 9.88. The molecular formula is C18H15N3O6. The number of carboxylic acids is 1. The third kappa shape index (κ3) is 2.69. The molecule has 1 aliphatic rings. The number of benzene rings is 1. The largest absolute Gasteiger partial charge is 0.504 e. The van der Waals surface area contributed by atoms with E-state index in [0.29, 0.717) is 22.8 Å². The van der Waals surface area contributed by atoms with Crippen molar-refractivity contribution < 1.29 is 29.4 Å². The van der Waals surface area contributed by atoms with Crippen LogP contribution in [-0.4, -0.2) is 36.9 Å². The highest BCUT2D eigenvalue weighted by Crippen LogP contribution is 2.43. The number of carbonyl (C=O) groups is 2. The summed E-state index contributed by atoms with van der Waals surface area (Å²) in [7, 11) is 0. The predicted octanol–water partition coefficient (Wildman–Crippen LogP) is 2.36. The fourth-order valence-electron chi connectivity index (χ4n) is 3.32. The molecule has 0 saturated heterocycles. The van der Waals surface area contributed by atoms with E-state index >= 15 is 0 Å². The highest BCUT2D eigenvalue weighted by Gasteiger charge is 2.35. The minimum atomic E-state index is -1.19. The lowest BCUT2D eigenvalue weighted by Crippen LogP contribution is -2.25. The van der Waals surface area contributed by atoms with Crippen LogP contribution < -0.4 is 5.32 Å². The zero-order chi connectivity index (χ0) is 19.3. The SMILES string of the molecule is Cc1cc(-n2cc(C(=O)O)c3c2[C@@H](c2ccc(O)c(O)c2)CC(=O)N3)no1. The number of nitrogens with one attached hydrogen (secondary N) is 1. The van der Waals surface area contributed by atoms with Crippen LogP contribution in [0.4, 0.5) is 5.69 Å². The number of carbonyl (C=O) groups excluding carboxylic acids is 1. The maximum atomic E-state index is 12.2. The Balaban J connectivity index is 1.97. The van der Waals surface area contributed by atoms with Crippen LogP contribution in [0.1, 0.15) is 39.7 Å². The van der Waals surface area contributed by atoms with Crippen molar-refractivity contribution in [2.24, 2.45) is 0 Å². The average Bonchev–Trinajstić information content (AvgIpc) is 3.20. The van der Waals surface area contributed by atoms with Crippen molar-refractivity contribution in [3.63, 3.8) is 0 Å². The number of nitrogens with zero attached hydrogens (tertiary/aromatic N) is 2. The molecular weight excluding hydrogens is 354 g/mol. The molecule has 0 spiro atoms. The molecule has 3 aromatic rings. The van der Waals surface area contributed by atoms with E-state index in [2.05, 4.69) is 10.5 Å². The number of aryl methyl sites for hydroxylation is 1. The Bertz CT molecular complexity index is 1080. The number of aromatic carboxylic acids is 1. The standard InChI is InChI=1S/C18H15N3O6/c1-8-4-14(20-27-8)21-7-11(18(25)26)16-17(21)10(6-15(24)19-16)9-2-3-12(22)13(23)5-9/h2-5,7,10,22-23H,6H2,1H3,(H,19,24)(H,25,26)/t10-/m1/s1. The minimum absolute atomic E-state index is 0.0388. The van der Waals surface area contributed by atoms with Gasteiger partial charge in [-0.3, -0.25) is 9.36 Å². The van der Waals surface area contributed by atoms with Gasteiger partial charge in [-0.2, -0.15) is 0 Å². The number of phenolic OH excluding ortho intramolecular Hbond substituents is 2. The third-order valence-electron chi connectivity index (χ3n) is 4.52. The van der Waals surface area contributed by atoms with E-state index in [1.165, 1.54) is 18.3 Å². The van der Waals surface area contributed by atoms with Crippen molar-refractivity contribution in [3.05, 3.63) is 53.0 Å². The van der Waals surface area contributed by atoms with Gasteiger partial charge in [0, 0.05) is 24.6 Å². The van der Waals surface area contributed by atoms with E-state index in [0.717, 1.165) is 0 Å². The summed E-state index contributed by atoms with van der Waals surface area (Å²) in [5.41, 5.74) is 1.16. The lowest BCUT2D eigenvalue weighted by molar-refractivity contribution is -0.116. The molecule has 0 bridgehead atoms. The Labute approximate surface area is 152 Å². The predicted molar refractivity (Wildman–Crippen MR) is 92.4 cm³/mol. The molecule has 2 aromatic heterocycles. The van der Waals surface area contributed by atoms with Crippen LogP contribution in [0.3, 0.4) is 0 Å². The highest BCUT2D eigenvalue weighted by atomic mass is 16.5. The third-order valence-corrected chi connectivity index (χ3v) is 4.52. The number of amides is 1. The molecule has 0 aliphatic carbocycles. The number of aromatic hydroxyl groups is 2. The van der Waals surface area contributed by atoms with Gasteiger partial charge in [0.15, 0.2) is 17.3 Å². The van der Waals surface area contributed by atoms with Crippen molar-refractivity contribution in [2.45, 2.75) is 19.3 Å². The second-order valence-electron chi connectivity index (χ2n) is 6.33. The van der Waals surface area contributed by atoms with Gasteiger partial charge in [0.05, 0.1) is 11.4 Å². The van der Waals surface area contributed by atoms with Crippen molar-refractivity contribution in [2.75, 3.05) is 5.32 Å². The molecule has 4 N–H and O–H groups in total.